The number of carbonyl (C=O) groups is 2. The maximum absolute atomic E-state index is 13.0. The number of anilines is 2. The summed E-state index contributed by atoms with van der Waals surface area (Å²) in [5, 5.41) is 6.63. The van der Waals surface area contributed by atoms with Gasteiger partial charge >= 0.3 is 0 Å². The molecular formula is C22H21N3O4. The molecule has 2 amide bonds. The number of para-hydroxylation sites is 1. The molecule has 7 nitrogen and oxygen atoms in total. The van der Waals surface area contributed by atoms with Crippen LogP contribution in [0, 0.1) is 5.41 Å². The first-order valence-corrected chi connectivity index (χ1v) is 9.26. The number of methoxy groups -OCH3 is 2. The van der Waals surface area contributed by atoms with Gasteiger partial charge in [-0.25, -0.2) is 0 Å². The normalized spacial score (nSPS) is 14.1. The standard InChI is InChI=1S/C22H21N3O4/c1-28-15-8-9-16(18(13-15)29-2)24-20(26)22(10-11-22)21(27)25-17-7-3-5-14-6-4-12-23-19(14)17/h3-9,12-13H,10-11H2,1-2H3,(H,24,26)(H,25,27). The van der Waals surface area contributed by atoms with Gasteiger partial charge in [0.05, 0.1) is 31.1 Å². The van der Waals surface area contributed by atoms with Crippen LogP contribution in [0.5, 0.6) is 11.5 Å². The van der Waals surface area contributed by atoms with Crippen molar-refractivity contribution in [1.29, 1.82) is 0 Å². The Kier molecular flexibility index (Phi) is 4.80. The quantitative estimate of drug-likeness (QED) is 0.627. The van der Waals surface area contributed by atoms with E-state index in [1.165, 1.54) is 7.11 Å². The third-order valence-corrected chi connectivity index (χ3v) is 5.16. The van der Waals surface area contributed by atoms with Crippen molar-refractivity contribution in [2.24, 2.45) is 5.41 Å². The number of amides is 2. The van der Waals surface area contributed by atoms with E-state index in [4.69, 9.17) is 9.47 Å². The highest BCUT2D eigenvalue weighted by molar-refractivity contribution is 6.18. The highest BCUT2D eigenvalue weighted by atomic mass is 16.5. The summed E-state index contributed by atoms with van der Waals surface area (Å²) in [7, 11) is 3.07. The summed E-state index contributed by atoms with van der Waals surface area (Å²) in [6.07, 6.45) is 2.65. The molecule has 0 atom stereocenters. The largest absolute Gasteiger partial charge is 0.497 e. The lowest BCUT2D eigenvalue weighted by molar-refractivity contribution is -0.131. The van der Waals surface area contributed by atoms with Gasteiger partial charge < -0.3 is 20.1 Å². The minimum absolute atomic E-state index is 0.333. The van der Waals surface area contributed by atoms with E-state index in [0.29, 0.717) is 41.2 Å². The number of pyridine rings is 1. The van der Waals surface area contributed by atoms with Crippen molar-refractivity contribution in [3.8, 4) is 11.5 Å². The number of nitrogens with zero attached hydrogens (tertiary/aromatic N) is 1. The number of rotatable bonds is 6. The Labute approximate surface area is 168 Å². The van der Waals surface area contributed by atoms with Crippen LogP contribution in [0.4, 0.5) is 11.4 Å². The molecule has 3 aromatic rings. The van der Waals surface area contributed by atoms with E-state index < -0.39 is 5.41 Å². The summed E-state index contributed by atoms with van der Waals surface area (Å²) in [4.78, 5) is 30.3. The number of aromatic nitrogens is 1. The van der Waals surface area contributed by atoms with Crippen LogP contribution in [0.25, 0.3) is 10.9 Å². The highest BCUT2D eigenvalue weighted by Crippen LogP contribution is 2.48. The molecule has 2 aromatic carbocycles. The molecule has 1 heterocycles. The fourth-order valence-electron chi connectivity index (χ4n) is 3.27. The fourth-order valence-corrected chi connectivity index (χ4v) is 3.27. The third kappa shape index (κ3) is 3.47. The zero-order chi connectivity index (χ0) is 20.4. The Balaban J connectivity index is 1.54. The number of hydrogen-bond acceptors (Lipinski definition) is 5. The number of hydrogen-bond donors (Lipinski definition) is 2. The van der Waals surface area contributed by atoms with Gasteiger partial charge in [-0.15, -0.1) is 0 Å². The molecule has 0 radical (unpaired) electrons. The van der Waals surface area contributed by atoms with Crippen LogP contribution in [0.2, 0.25) is 0 Å². The first-order valence-electron chi connectivity index (χ1n) is 9.26. The third-order valence-electron chi connectivity index (χ3n) is 5.16. The summed E-state index contributed by atoms with van der Waals surface area (Å²) < 4.78 is 10.5. The van der Waals surface area contributed by atoms with Gasteiger partial charge in [0, 0.05) is 17.6 Å². The Bertz CT molecular complexity index is 1090. The molecule has 1 fully saturated rings. The maximum Gasteiger partial charge on any atom is 0.240 e. The maximum atomic E-state index is 13.0. The van der Waals surface area contributed by atoms with Crippen LogP contribution in [-0.2, 0) is 9.59 Å². The number of benzene rings is 2. The van der Waals surface area contributed by atoms with Gasteiger partial charge in [0.2, 0.25) is 11.8 Å². The molecule has 0 aliphatic heterocycles. The summed E-state index contributed by atoms with van der Waals surface area (Å²) in [6.45, 7) is 0. The van der Waals surface area contributed by atoms with Crippen molar-refractivity contribution in [3.63, 3.8) is 0 Å². The average Bonchev–Trinajstić information content (AvgIpc) is 3.56. The minimum atomic E-state index is -1.10. The molecule has 29 heavy (non-hydrogen) atoms. The lowest BCUT2D eigenvalue weighted by Crippen LogP contribution is -2.35. The number of carbonyl (C=O) groups excluding carboxylic acids is 2. The molecule has 4 rings (SSSR count). The zero-order valence-electron chi connectivity index (χ0n) is 16.2. The van der Waals surface area contributed by atoms with Gasteiger partial charge in [0.1, 0.15) is 16.9 Å². The lowest BCUT2D eigenvalue weighted by atomic mass is 10.0. The Morgan fingerprint density at radius 3 is 2.34 bits per heavy atom. The van der Waals surface area contributed by atoms with E-state index in [1.54, 1.807) is 37.6 Å². The van der Waals surface area contributed by atoms with Crippen LogP contribution in [-0.4, -0.2) is 31.0 Å². The van der Waals surface area contributed by atoms with Crippen LogP contribution >= 0.6 is 0 Å². The molecule has 0 saturated heterocycles. The Morgan fingerprint density at radius 1 is 0.931 bits per heavy atom. The van der Waals surface area contributed by atoms with Crippen LogP contribution in [0.15, 0.2) is 54.7 Å². The first-order chi connectivity index (χ1) is 14.1. The van der Waals surface area contributed by atoms with Crippen molar-refractivity contribution < 1.29 is 19.1 Å². The monoisotopic (exact) mass is 391 g/mol. The molecule has 0 bridgehead atoms. The molecule has 1 aliphatic carbocycles. The van der Waals surface area contributed by atoms with E-state index in [9.17, 15) is 9.59 Å². The lowest BCUT2D eigenvalue weighted by Gasteiger charge is -2.17. The summed E-state index contributed by atoms with van der Waals surface area (Å²) in [5.74, 6) is 0.390. The molecule has 1 saturated carbocycles. The van der Waals surface area contributed by atoms with Gasteiger partial charge in [-0.05, 0) is 37.1 Å². The summed E-state index contributed by atoms with van der Waals surface area (Å²) in [6, 6.07) is 14.4. The van der Waals surface area contributed by atoms with Crippen molar-refractivity contribution in [2.75, 3.05) is 24.9 Å². The van der Waals surface area contributed by atoms with E-state index in [-0.39, 0.29) is 11.8 Å². The van der Waals surface area contributed by atoms with Gasteiger partial charge in [-0.3, -0.25) is 14.6 Å². The molecule has 0 unspecified atom stereocenters. The van der Waals surface area contributed by atoms with E-state index >= 15 is 0 Å². The van der Waals surface area contributed by atoms with Gasteiger partial charge in [-0.1, -0.05) is 18.2 Å². The molecular weight excluding hydrogens is 370 g/mol. The molecule has 1 aliphatic rings. The first kappa shape index (κ1) is 18.7. The second-order valence-corrected chi connectivity index (χ2v) is 6.94. The van der Waals surface area contributed by atoms with E-state index in [2.05, 4.69) is 15.6 Å². The number of ether oxygens (including phenoxy) is 2. The van der Waals surface area contributed by atoms with Crippen LogP contribution in [0.3, 0.4) is 0 Å². The summed E-state index contributed by atoms with van der Waals surface area (Å²) >= 11 is 0. The second-order valence-electron chi connectivity index (χ2n) is 6.94. The van der Waals surface area contributed by atoms with Crippen molar-refractivity contribution in [1.82, 2.24) is 4.98 Å². The highest BCUT2D eigenvalue weighted by Gasteiger charge is 2.56. The van der Waals surface area contributed by atoms with Crippen LogP contribution in [0.1, 0.15) is 12.8 Å². The molecule has 7 heteroatoms. The van der Waals surface area contributed by atoms with Gasteiger partial charge in [0.25, 0.3) is 0 Å². The van der Waals surface area contributed by atoms with Gasteiger partial charge in [0.15, 0.2) is 0 Å². The Morgan fingerprint density at radius 2 is 1.66 bits per heavy atom. The molecule has 148 valence electrons. The smallest absolute Gasteiger partial charge is 0.240 e. The average molecular weight is 391 g/mol. The second kappa shape index (κ2) is 7.43. The predicted molar refractivity (Wildman–Crippen MR) is 110 cm³/mol. The van der Waals surface area contributed by atoms with E-state index in [0.717, 1.165) is 5.39 Å². The fraction of sp³-hybridized carbons (Fsp3) is 0.227. The minimum Gasteiger partial charge on any atom is -0.497 e. The van der Waals surface area contributed by atoms with Crippen LogP contribution < -0.4 is 20.1 Å². The van der Waals surface area contributed by atoms with Gasteiger partial charge in [-0.2, -0.15) is 0 Å². The Hall–Kier alpha value is -3.61. The zero-order valence-corrected chi connectivity index (χ0v) is 16.2. The number of fused-ring (bicyclic) bond motifs is 1. The predicted octanol–water partition coefficient (Wildman–Crippen LogP) is 3.61. The molecule has 1 aromatic heterocycles. The molecule has 0 spiro atoms. The van der Waals surface area contributed by atoms with Crippen molar-refractivity contribution in [3.05, 3.63) is 54.7 Å². The SMILES string of the molecule is COc1ccc(NC(=O)C2(C(=O)Nc3cccc4cccnc34)CC2)c(OC)c1. The van der Waals surface area contributed by atoms with Crippen molar-refractivity contribution in [2.45, 2.75) is 12.8 Å². The van der Waals surface area contributed by atoms with Crippen molar-refractivity contribution >= 4 is 34.1 Å². The summed E-state index contributed by atoms with van der Waals surface area (Å²) in [5.41, 5.74) is 0.678. The van der Waals surface area contributed by atoms with E-state index in [1.807, 2.05) is 24.3 Å². The molecule has 2 N–H and O–H groups in total. The topological polar surface area (TPSA) is 89.5 Å². The number of nitrogens with one attached hydrogen (secondary N) is 2.